The highest BCUT2D eigenvalue weighted by molar-refractivity contribution is 5.79. The summed E-state index contributed by atoms with van der Waals surface area (Å²) >= 11 is 0. The maximum Gasteiger partial charge on any atom is 0.191 e. The average molecular weight is 335 g/mol. The maximum atomic E-state index is 13.1. The molecule has 1 saturated carbocycles. The molecule has 134 valence electrons. The van der Waals surface area contributed by atoms with Gasteiger partial charge in [-0.05, 0) is 36.0 Å². The standard InChI is InChI=1S/C19H30FN3O/c1-18(2,3)16(24-5)12-22-17(21-4)23-13-19(10-11-19)14-6-8-15(20)9-7-14/h6-9,16H,10-13H2,1-5H3,(H2,21,22,23). The summed E-state index contributed by atoms with van der Waals surface area (Å²) < 4.78 is 18.7. The van der Waals surface area contributed by atoms with Crippen molar-refractivity contribution in [2.75, 3.05) is 27.2 Å². The molecule has 0 amide bonds. The van der Waals surface area contributed by atoms with Crippen molar-refractivity contribution in [2.24, 2.45) is 10.4 Å². The number of hydrogen-bond donors (Lipinski definition) is 2. The van der Waals surface area contributed by atoms with E-state index in [0.717, 1.165) is 25.3 Å². The van der Waals surface area contributed by atoms with Crippen molar-refractivity contribution in [3.8, 4) is 0 Å². The highest BCUT2D eigenvalue weighted by Crippen LogP contribution is 2.47. The van der Waals surface area contributed by atoms with Crippen LogP contribution < -0.4 is 10.6 Å². The normalized spacial score (nSPS) is 18.2. The van der Waals surface area contributed by atoms with Crippen LogP contribution in [0.5, 0.6) is 0 Å². The fraction of sp³-hybridized carbons (Fsp3) is 0.632. The zero-order valence-electron chi connectivity index (χ0n) is 15.4. The van der Waals surface area contributed by atoms with Crippen LogP contribution in [0, 0.1) is 11.2 Å². The van der Waals surface area contributed by atoms with Crippen molar-refractivity contribution in [3.63, 3.8) is 0 Å². The number of aliphatic imine (C=N–C) groups is 1. The van der Waals surface area contributed by atoms with Gasteiger partial charge in [0.1, 0.15) is 5.82 Å². The van der Waals surface area contributed by atoms with E-state index in [4.69, 9.17) is 4.74 Å². The van der Waals surface area contributed by atoms with Gasteiger partial charge in [0.25, 0.3) is 0 Å². The highest BCUT2D eigenvalue weighted by atomic mass is 19.1. The summed E-state index contributed by atoms with van der Waals surface area (Å²) in [5, 5.41) is 6.75. The molecule has 0 saturated heterocycles. The van der Waals surface area contributed by atoms with Crippen molar-refractivity contribution in [1.82, 2.24) is 10.6 Å². The maximum absolute atomic E-state index is 13.1. The summed E-state index contributed by atoms with van der Waals surface area (Å²) in [5.74, 6) is 0.586. The molecule has 0 heterocycles. The van der Waals surface area contributed by atoms with Crippen molar-refractivity contribution in [2.45, 2.75) is 45.1 Å². The predicted molar refractivity (Wildman–Crippen MR) is 96.9 cm³/mol. The lowest BCUT2D eigenvalue weighted by atomic mass is 9.89. The van der Waals surface area contributed by atoms with E-state index in [1.165, 1.54) is 17.7 Å². The van der Waals surface area contributed by atoms with E-state index in [1.807, 2.05) is 12.1 Å². The van der Waals surface area contributed by atoms with Crippen LogP contribution in [0.4, 0.5) is 4.39 Å². The Hall–Kier alpha value is -1.62. The van der Waals surface area contributed by atoms with Gasteiger partial charge in [-0.15, -0.1) is 0 Å². The molecule has 0 bridgehead atoms. The summed E-state index contributed by atoms with van der Waals surface area (Å²) in [6.07, 6.45) is 2.33. The topological polar surface area (TPSA) is 45.7 Å². The zero-order chi connectivity index (χ0) is 17.8. The molecule has 24 heavy (non-hydrogen) atoms. The highest BCUT2D eigenvalue weighted by Gasteiger charge is 2.44. The molecule has 1 aromatic rings. The molecule has 0 spiro atoms. The number of guanidine groups is 1. The first-order valence-corrected chi connectivity index (χ1v) is 8.54. The second-order valence-corrected chi connectivity index (χ2v) is 7.68. The Morgan fingerprint density at radius 3 is 2.33 bits per heavy atom. The molecular formula is C19H30FN3O. The predicted octanol–water partition coefficient (Wildman–Crippen LogP) is 3.08. The number of ether oxygens (including phenoxy) is 1. The third-order valence-electron chi connectivity index (χ3n) is 4.83. The quantitative estimate of drug-likeness (QED) is 0.620. The lowest BCUT2D eigenvalue weighted by molar-refractivity contribution is 0.0205. The summed E-state index contributed by atoms with van der Waals surface area (Å²) in [7, 11) is 3.51. The molecule has 1 aliphatic carbocycles. The molecule has 1 fully saturated rings. The number of hydrogen-bond acceptors (Lipinski definition) is 2. The molecule has 0 radical (unpaired) electrons. The van der Waals surface area contributed by atoms with Crippen molar-refractivity contribution >= 4 is 5.96 Å². The molecule has 1 aromatic carbocycles. The van der Waals surface area contributed by atoms with Crippen molar-refractivity contribution < 1.29 is 9.13 Å². The molecule has 4 nitrogen and oxygen atoms in total. The van der Waals surface area contributed by atoms with Crippen LogP contribution >= 0.6 is 0 Å². The van der Waals surface area contributed by atoms with E-state index in [2.05, 4.69) is 36.4 Å². The van der Waals surface area contributed by atoms with Gasteiger partial charge in [0, 0.05) is 32.7 Å². The number of methoxy groups -OCH3 is 1. The SMILES string of the molecule is CN=C(NCC(OC)C(C)(C)C)NCC1(c2ccc(F)cc2)CC1. The van der Waals surface area contributed by atoms with Crippen LogP contribution in [0.15, 0.2) is 29.3 Å². The first-order valence-electron chi connectivity index (χ1n) is 8.54. The Morgan fingerprint density at radius 1 is 1.25 bits per heavy atom. The van der Waals surface area contributed by atoms with E-state index in [-0.39, 0.29) is 22.8 Å². The average Bonchev–Trinajstić information content (AvgIpc) is 3.31. The number of nitrogens with one attached hydrogen (secondary N) is 2. The van der Waals surface area contributed by atoms with Crippen LogP contribution in [-0.4, -0.2) is 39.3 Å². The van der Waals surface area contributed by atoms with Gasteiger partial charge in [-0.2, -0.15) is 0 Å². The largest absolute Gasteiger partial charge is 0.379 e. The Bertz CT molecular complexity index is 559. The fourth-order valence-electron chi connectivity index (χ4n) is 2.93. The van der Waals surface area contributed by atoms with Crippen LogP contribution in [0.3, 0.4) is 0 Å². The second kappa shape index (κ2) is 7.51. The Labute approximate surface area is 144 Å². The molecule has 5 heteroatoms. The van der Waals surface area contributed by atoms with E-state index in [1.54, 1.807) is 14.2 Å². The number of halogens is 1. The molecule has 1 aliphatic rings. The second-order valence-electron chi connectivity index (χ2n) is 7.68. The molecule has 1 unspecified atom stereocenters. The Kier molecular flexibility index (Phi) is 5.86. The molecule has 1 atom stereocenters. The third kappa shape index (κ3) is 4.69. The van der Waals surface area contributed by atoms with E-state index < -0.39 is 0 Å². The van der Waals surface area contributed by atoms with Gasteiger partial charge in [0.05, 0.1) is 6.10 Å². The molecule has 0 aliphatic heterocycles. The Morgan fingerprint density at radius 2 is 1.88 bits per heavy atom. The minimum absolute atomic E-state index is 0.0619. The van der Waals surface area contributed by atoms with Crippen molar-refractivity contribution in [1.29, 1.82) is 0 Å². The van der Waals surface area contributed by atoms with Crippen molar-refractivity contribution in [3.05, 3.63) is 35.6 Å². The minimum atomic E-state index is -0.187. The number of rotatable bonds is 6. The fourth-order valence-corrected chi connectivity index (χ4v) is 2.93. The van der Waals surface area contributed by atoms with Gasteiger partial charge in [-0.25, -0.2) is 4.39 Å². The summed E-state index contributed by atoms with van der Waals surface area (Å²) in [4.78, 5) is 4.29. The van der Waals surface area contributed by atoms with Gasteiger partial charge in [0.15, 0.2) is 5.96 Å². The minimum Gasteiger partial charge on any atom is -0.379 e. The monoisotopic (exact) mass is 335 g/mol. The summed E-state index contributed by atoms with van der Waals surface area (Å²) in [6, 6.07) is 6.85. The van der Waals surface area contributed by atoms with Crippen LogP contribution in [-0.2, 0) is 10.2 Å². The first-order chi connectivity index (χ1) is 11.3. The summed E-state index contributed by atoms with van der Waals surface area (Å²) in [6.45, 7) is 7.97. The van der Waals surface area contributed by atoms with Gasteiger partial charge >= 0.3 is 0 Å². The molecule has 2 N–H and O–H groups in total. The van der Waals surface area contributed by atoms with Gasteiger partial charge < -0.3 is 15.4 Å². The van der Waals surface area contributed by atoms with Gasteiger partial charge in [0.2, 0.25) is 0 Å². The molecule has 0 aromatic heterocycles. The lowest BCUT2D eigenvalue weighted by Gasteiger charge is -2.30. The van der Waals surface area contributed by atoms with E-state index in [0.29, 0.717) is 6.54 Å². The van der Waals surface area contributed by atoms with Crippen LogP contribution in [0.1, 0.15) is 39.2 Å². The number of benzene rings is 1. The van der Waals surface area contributed by atoms with Crippen LogP contribution in [0.2, 0.25) is 0 Å². The third-order valence-corrected chi connectivity index (χ3v) is 4.83. The molecular weight excluding hydrogens is 305 g/mol. The Balaban J connectivity index is 1.89. The number of nitrogens with zero attached hydrogens (tertiary/aromatic N) is 1. The first kappa shape index (κ1) is 18.7. The lowest BCUT2D eigenvalue weighted by Crippen LogP contribution is -2.46. The summed E-state index contributed by atoms with van der Waals surface area (Å²) in [5.41, 5.74) is 1.36. The van der Waals surface area contributed by atoms with Gasteiger partial charge in [-0.1, -0.05) is 32.9 Å². The molecule has 2 rings (SSSR count). The zero-order valence-corrected chi connectivity index (χ0v) is 15.4. The van der Waals surface area contributed by atoms with E-state index >= 15 is 0 Å². The smallest absolute Gasteiger partial charge is 0.191 e. The van der Waals surface area contributed by atoms with Crippen LogP contribution in [0.25, 0.3) is 0 Å². The van der Waals surface area contributed by atoms with E-state index in [9.17, 15) is 4.39 Å². The van der Waals surface area contributed by atoms with Gasteiger partial charge in [-0.3, -0.25) is 4.99 Å².